The summed E-state index contributed by atoms with van der Waals surface area (Å²) in [5.74, 6) is 3.49. The minimum absolute atomic E-state index is 0.520. The van der Waals surface area contributed by atoms with Gasteiger partial charge in [0.05, 0.1) is 22.1 Å². The van der Waals surface area contributed by atoms with Crippen LogP contribution in [0.15, 0.2) is 279 Å². The molecule has 0 aliphatic carbocycles. The second-order valence-corrected chi connectivity index (χ2v) is 24.4. The lowest BCUT2D eigenvalue weighted by Crippen LogP contribution is -2.06. The quantitative estimate of drug-likeness (QED) is 0.143. The molecule has 0 N–H and O–H groups in total. The molecule has 18 aromatic rings. The maximum Gasteiger partial charge on any atom is 0.238 e. The SMILES string of the molecule is c1ccc(-c2ccc3c(c2)c2c(ccc4c5cc(-c6ccccc6)ccc5n(-c5cccc(-c6nc(-c7ccccc7)nc(-c7ccccc7)n6)c5)c42)n3-c2nc(-c3ccc4sc5ccccc5c4c3)nc(-c3ccc4sc5ccccc5c4c3)n2)cc1. The summed E-state index contributed by atoms with van der Waals surface area (Å²) in [6, 6.07) is 99.0. The molecular formula is C78H46N8S2. The second kappa shape index (κ2) is 20.2. The van der Waals surface area contributed by atoms with Gasteiger partial charge in [0.15, 0.2) is 29.1 Å². The summed E-state index contributed by atoms with van der Waals surface area (Å²) < 4.78 is 9.62. The Bertz CT molecular complexity index is 5620. The number of thiophene rings is 2. The van der Waals surface area contributed by atoms with Gasteiger partial charge in [-0.05, 0) is 113 Å². The predicted molar refractivity (Wildman–Crippen MR) is 366 cm³/mol. The van der Waals surface area contributed by atoms with Crippen LogP contribution >= 0.6 is 22.7 Å². The molecule has 0 atom stereocenters. The van der Waals surface area contributed by atoms with E-state index in [1.54, 1.807) is 22.7 Å². The zero-order chi connectivity index (χ0) is 57.8. The van der Waals surface area contributed by atoms with Crippen LogP contribution in [0.1, 0.15) is 0 Å². The van der Waals surface area contributed by atoms with Crippen LogP contribution in [0.4, 0.5) is 0 Å². The molecule has 0 radical (unpaired) electrons. The Balaban J connectivity index is 0.925. The van der Waals surface area contributed by atoms with E-state index in [1.807, 2.05) is 60.7 Å². The van der Waals surface area contributed by atoms with E-state index in [9.17, 15) is 0 Å². The van der Waals surface area contributed by atoms with Crippen molar-refractivity contribution in [2.45, 2.75) is 0 Å². The monoisotopic (exact) mass is 1160 g/mol. The van der Waals surface area contributed by atoms with Gasteiger partial charge < -0.3 is 4.57 Å². The summed E-state index contributed by atoms with van der Waals surface area (Å²) in [6.45, 7) is 0. The van der Waals surface area contributed by atoms with E-state index in [-0.39, 0.29) is 0 Å². The topological polar surface area (TPSA) is 87.2 Å². The van der Waals surface area contributed by atoms with Gasteiger partial charge in [-0.15, -0.1) is 22.7 Å². The summed E-state index contributed by atoms with van der Waals surface area (Å²) >= 11 is 3.61. The van der Waals surface area contributed by atoms with Gasteiger partial charge in [-0.2, -0.15) is 9.97 Å². The molecule has 6 heterocycles. The van der Waals surface area contributed by atoms with Crippen molar-refractivity contribution in [2.24, 2.45) is 0 Å². The third-order valence-electron chi connectivity index (χ3n) is 17.0. The Hall–Kier alpha value is -11.3. The standard InChI is InChI=1S/C78H46N8S2/c1-5-18-47(19-6-1)51-32-37-64-60(43-51)59-36-39-66-71(72(59)85(64)56-27-17-26-53(42-56)75-80-73(49-22-9-3-10-23-49)79-74(81-75)50-24-11-4-12-25-50)63-44-52(48-20-7-2-8-21-48)33-38-65(63)86(66)78-83-76(54-34-40-69-61(45-54)57-28-13-15-30-67(57)87-69)82-77(84-78)55-35-41-70-62(46-55)58-29-14-16-31-68(58)88-70/h1-46H. The lowest BCUT2D eigenvalue weighted by Gasteiger charge is -2.13. The van der Waals surface area contributed by atoms with E-state index in [2.05, 4.69) is 228 Å². The van der Waals surface area contributed by atoms with Gasteiger partial charge in [-0.3, -0.25) is 4.57 Å². The molecule has 0 saturated heterocycles. The van der Waals surface area contributed by atoms with E-state index in [0.717, 1.165) is 99.4 Å². The lowest BCUT2D eigenvalue weighted by molar-refractivity contribution is 0.954. The third-order valence-corrected chi connectivity index (χ3v) is 19.3. The molecule has 410 valence electrons. The van der Waals surface area contributed by atoms with Crippen LogP contribution in [0.25, 0.3) is 175 Å². The maximum atomic E-state index is 5.60. The van der Waals surface area contributed by atoms with Gasteiger partial charge in [0.25, 0.3) is 0 Å². The molecule has 0 fully saturated rings. The van der Waals surface area contributed by atoms with Gasteiger partial charge in [0, 0.05) is 95.4 Å². The molecular weight excluding hydrogens is 1110 g/mol. The van der Waals surface area contributed by atoms with Crippen molar-refractivity contribution < 1.29 is 0 Å². The Morgan fingerprint density at radius 3 is 1.17 bits per heavy atom. The van der Waals surface area contributed by atoms with Crippen LogP contribution in [0.5, 0.6) is 0 Å². The van der Waals surface area contributed by atoms with Gasteiger partial charge in [-0.25, -0.2) is 19.9 Å². The first-order valence-electron chi connectivity index (χ1n) is 29.3. The average molecular weight is 1160 g/mol. The van der Waals surface area contributed by atoms with E-state index < -0.39 is 0 Å². The summed E-state index contributed by atoms with van der Waals surface area (Å²) in [6.07, 6.45) is 0. The molecule has 0 saturated carbocycles. The number of rotatable bonds is 9. The average Bonchev–Trinajstić information content (AvgIpc) is 1.56. The molecule has 0 bridgehead atoms. The number of benzene rings is 12. The van der Waals surface area contributed by atoms with Crippen molar-refractivity contribution in [1.82, 2.24) is 39.0 Å². The molecule has 12 aromatic carbocycles. The van der Waals surface area contributed by atoms with Crippen molar-refractivity contribution in [2.75, 3.05) is 0 Å². The fourth-order valence-corrected chi connectivity index (χ4v) is 15.1. The highest BCUT2D eigenvalue weighted by atomic mass is 32.1. The Morgan fingerprint density at radius 1 is 0.227 bits per heavy atom. The summed E-state index contributed by atoms with van der Waals surface area (Å²) in [7, 11) is 0. The van der Waals surface area contributed by atoms with Gasteiger partial charge in [0.1, 0.15) is 0 Å². The third kappa shape index (κ3) is 8.26. The second-order valence-electron chi connectivity index (χ2n) is 22.2. The van der Waals surface area contributed by atoms with Crippen LogP contribution in [-0.4, -0.2) is 39.0 Å². The zero-order valence-electron chi connectivity index (χ0n) is 47.0. The number of hydrogen-bond acceptors (Lipinski definition) is 8. The Labute approximate surface area is 512 Å². The van der Waals surface area contributed by atoms with E-state index in [4.69, 9.17) is 29.9 Å². The van der Waals surface area contributed by atoms with Gasteiger partial charge >= 0.3 is 0 Å². The maximum absolute atomic E-state index is 5.60. The molecule has 0 spiro atoms. The van der Waals surface area contributed by atoms with Crippen LogP contribution in [0.2, 0.25) is 0 Å². The fraction of sp³-hybridized carbons (Fsp3) is 0. The minimum atomic E-state index is 0.520. The molecule has 8 nitrogen and oxygen atoms in total. The molecule has 18 rings (SSSR count). The first-order valence-corrected chi connectivity index (χ1v) is 31.0. The van der Waals surface area contributed by atoms with E-state index in [0.29, 0.717) is 35.1 Å². The Morgan fingerprint density at radius 2 is 0.625 bits per heavy atom. The molecule has 88 heavy (non-hydrogen) atoms. The Kier molecular flexibility index (Phi) is 11.5. The van der Waals surface area contributed by atoms with E-state index in [1.165, 1.54) is 40.3 Å². The van der Waals surface area contributed by atoms with Crippen LogP contribution in [0, 0.1) is 0 Å². The first-order chi connectivity index (χ1) is 43.6. The van der Waals surface area contributed by atoms with Crippen molar-refractivity contribution in [1.29, 1.82) is 0 Å². The van der Waals surface area contributed by atoms with Crippen molar-refractivity contribution >= 4 is 107 Å². The molecule has 6 aromatic heterocycles. The van der Waals surface area contributed by atoms with Crippen molar-refractivity contribution in [3.05, 3.63) is 279 Å². The van der Waals surface area contributed by atoms with E-state index >= 15 is 0 Å². The smallest absolute Gasteiger partial charge is 0.238 e. The number of fused-ring (bicyclic) bond motifs is 13. The largest absolute Gasteiger partial charge is 0.309 e. The van der Waals surface area contributed by atoms with Gasteiger partial charge in [-0.1, -0.05) is 188 Å². The number of hydrogen-bond donors (Lipinski definition) is 0. The summed E-state index contributed by atoms with van der Waals surface area (Å²) in [5.41, 5.74) is 14.0. The van der Waals surface area contributed by atoms with Crippen LogP contribution < -0.4 is 0 Å². The highest BCUT2D eigenvalue weighted by Gasteiger charge is 2.25. The molecule has 10 heteroatoms. The number of aromatic nitrogens is 8. The zero-order valence-corrected chi connectivity index (χ0v) is 48.6. The van der Waals surface area contributed by atoms with Crippen LogP contribution in [-0.2, 0) is 0 Å². The number of nitrogens with zero attached hydrogens (tertiary/aromatic N) is 8. The molecule has 0 aliphatic heterocycles. The van der Waals surface area contributed by atoms with Crippen molar-refractivity contribution in [3.63, 3.8) is 0 Å². The van der Waals surface area contributed by atoms with Gasteiger partial charge in [0.2, 0.25) is 5.95 Å². The summed E-state index contributed by atoms with van der Waals surface area (Å²) in [4.78, 5) is 32.1. The minimum Gasteiger partial charge on any atom is -0.309 e. The molecule has 0 unspecified atom stereocenters. The molecule has 0 amide bonds. The molecule has 0 aliphatic rings. The van der Waals surface area contributed by atoms with Crippen LogP contribution in [0.3, 0.4) is 0 Å². The normalized spacial score (nSPS) is 11.9. The summed E-state index contributed by atoms with van der Waals surface area (Å²) in [5, 5.41) is 9.14. The lowest BCUT2D eigenvalue weighted by atomic mass is 10.0. The predicted octanol–water partition coefficient (Wildman–Crippen LogP) is 20.7. The highest BCUT2D eigenvalue weighted by molar-refractivity contribution is 7.26. The first kappa shape index (κ1) is 50.1. The highest BCUT2D eigenvalue weighted by Crippen LogP contribution is 2.45. The van der Waals surface area contributed by atoms with Crippen molar-refractivity contribution in [3.8, 4) is 90.8 Å². The fourth-order valence-electron chi connectivity index (χ4n) is 12.9.